The van der Waals surface area contributed by atoms with Crippen molar-refractivity contribution in [2.75, 3.05) is 13.2 Å². The minimum absolute atomic E-state index is 0.125. The Balaban J connectivity index is 1.52. The summed E-state index contributed by atoms with van der Waals surface area (Å²) in [6.07, 6.45) is 13.4. The molecule has 1 aliphatic rings. The highest BCUT2D eigenvalue weighted by Gasteiger charge is 2.24. The third-order valence-electron chi connectivity index (χ3n) is 4.56. The highest BCUT2D eigenvalue weighted by atomic mass is 16.6. The molecular formula is C21H32O3. The van der Waals surface area contributed by atoms with Crippen molar-refractivity contribution in [2.45, 2.75) is 77.2 Å². The molecule has 0 aromatic heterocycles. The smallest absolute Gasteiger partial charge is 0.338 e. The molecule has 0 amide bonds. The molecule has 1 fully saturated rings. The van der Waals surface area contributed by atoms with Gasteiger partial charge in [-0.15, -0.1) is 0 Å². The molecule has 1 aliphatic heterocycles. The van der Waals surface area contributed by atoms with Gasteiger partial charge in [0.25, 0.3) is 0 Å². The molecule has 0 radical (unpaired) electrons. The molecule has 1 atom stereocenters. The first-order valence-electron chi connectivity index (χ1n) is 9.67. The van der Waals surface area contributed by atoms with E-state index >= 15 is 0 Å². The summed E-state index contributed by atoms with van der Waals surface area (Å²) in [6, 6.07) is 7.85. The van der Waals surface area contributed by atoms with Crippen LogP contribution in [0.3, 0.4) is 0 Å². The van der Waals surface area contributed by atoms with Gasteiger partial charge in [-0.25, -0.2) is 4.79 Å². The molecule has 3 heteroatoms. The van der Waals surface area contributed by atoms with Crippen LogP contribution in [0.4, 0.5) is 0 Å². The fraction of sp³-hybridized carbons (Fsp3) is 0.667. The molecule has 1 aromatic rings. The minimum atomic E-state index is -0.250. The van der Waals surface area contributed by atoms with Crippen LogP contribution in [0.25, 0.3) is 0 Å². The Morgan fingerprint density at radius 3 is 2.17 bits per heavy atom. The van der Waals surface area contributed by atoms with Crippen LogP contribution in [0.15, 0.2) is 24.3 Å². The summed E-state index contributed by atoms with van der Waals surface area (Å²) in [5.74, 6) is -0.250. The van der Waals surface area contributed by atoms with Gasteiger partial charge in [0.1, 0.15) is 12.7 Å². The van der Waals surface area contributed by atoms with Gasteiger partial charge in [0.2, 0.25) is 0 Å². The van der Waals surface area contributed by atoms with Crippen LogP contribution in [-0.2, 0) is 15.9 Å². The highest BCUT2D eigenvalue weighted by molar-refractivity contribution is 5.89. The van der Waals surface area contributed by atoms with Crippen LogP contribution < -0.4 is 0 Å². The van der Waals surface area contributed by atoms with Crippen LogP contribution >= 0.6 is 0 Å². The standard InChI is InChI=1S/C21H32O3/c1-2-3-4-5-6-7-8-9-10-11-18-12-14-19(15-13-18)21(22)24-17-20-16-23-20/h12-15,20H,2-11,16-17H2,1H3. The molecule has 24 heavy (non-hydrogen) atoms. The van der Waals surface area contributed by atoms with Crippen molar-refractivity contribution in [1.82, 2.24) is 0 Å². The number of rotatable bonds is 13. The normalized spacial score (nSPS) is 16.1. The maximum absolute atomic E-state index is 11.8. The molecule has 0 bridgehead atoms. The molecule has 0 spiro atoms. The molecule has 0 saturated carbocycles. The zero-order chi connectivity index (χ0) is 17.0. The second-order valence-corrected chi connectivity index (χ2v) is 6.83. The second-order valence-electron chi connectivity index (χ2n) is 6.83. The number of carbonyl (C=O) groups is 1. The van der Waals surface area contributed by atoms with Crippen molar-refractivity contribution in [3.63, 3.8) is 0 Å². The van der Waals surface area contributed by atoms with E-state index in [2.05, 4.69) is 19.1 Å². The Kier molecular flexibility index (Phi) is 8.90. The van der Waals surface area contributed by atoms with Crippen LogP contribution in [0.1, 0.15) is 80.6 Å². The van der Waals surface area contributed by atoms with Crippen LogP contribution in [0.5, 0.6) is 0 Å². The fourth-order valence-corrected chi connectivity index (χ4v) is 2.86. The van der Waals surface area contributed by atoms with Gasteiger partial charge in [-0.3, -0.25) is 0 Å². The summed E-state index contributed by atoms with van der Waals surface area (Å²) < 4.78 is 10.2. The van der Waals surface area contributed by atoms with Gasteiger partial charge in [-0.1, -0.05) is 70.4 Å². The van der Waals surface area contributed by atoms with Crippen LogP contribution in [0, 0.1) is 0 Å². The van der Waals surface area contributed by atoms with Gasteiger partial charge in [-0.2, -0.15) is 0 Å². The van der Waals surface area contributed by atoms with E-state index < -0.39 is 0 Å². The highest BCUT2D eigenvalue weighted by Crippen LogP contribution is 2.14. The molecule has 1 heterocycles. The summed E-state index contributed by atoms with van der Waals surface area (Å²) in [5, 5.41) is 0. The van der Waals surface area contributed by atoms with Crippen molar-refractivity contribution in [3.05, 3.63) is 35.4 Å². The van der Waals surface area contributed by atoms with E-state index in [-0.39, 0.29) is 12.1 Å². The predicted octanol–water partition coefficient (Wildman–Crippen LogP) is 5.32. The van der Waals surface area contributed by atoms with E-state index in [4.69, 9.17) is 9.47 Å². The molecule has 1 unspecified atom stereocenters. The Bertz CT molecular complexity index is 462. The number of aryl methyl sites for hydroxylation is 1. The first-order chi connectivity index (χ1) is 11.8. The van der Waals surface area contributed by atoms with Gasteiger partial charge in [0, 0.05) is 0 Å². The molecule has 1 aromatic carbocycles. The number of hydrogen-bond donors (Lipinski definition) is 0. The van der Waals surface area contributed by atoms with Gasteiger partial charge < -0.3 is 9.47 Å². The lowest BCUT2D eigenvalue weighted by molar-refractivity contribution is 0.0476. The third-order valence-corrected chi connectivity index (χ3v) is 4.56. The summed E-state index contributed by atoms with van der Waals surface area (Å²) in [5.41, 5.74) is 1.94. The van der Waals surface area contributed by atoms with Crippen molar-refractivity contribution in [1.29, 1.82) is 0 Å². The number of benzene rings is 1. The van der Waals surface area contributed by atoms with Crippen molar-refractivity contribution < 1.29 is 14.3 Å². The lowest BCUT2D eigenvalue weighted by Gasteiger charge is -2.05. The van der Waals surface area contributed by atoms with E-state index in [1.165, 1.54) is 63.4 Å². The van der Waals surface area contributed by atoms with Gasteiger partial charge >= 0.3 is 5.97 Å². The molecular weight excluding hydrogens is 300 g/mol. The van der Waals surface area contributed by atoms with Crippen molar-refractivity contribution in [3.8, 4) is 0 Å². The quantitative estimate of drug-likeness (QED) is 0.279. The molecule has 1 saturated heterocycles. The maximum atomic E-state index is 11.8. The predicted molar refractivity (Wildman–Crippen MR) is 97.4 cm³/mol. The summed E-state index contributed by atoms with van der Waals surface area (Å²) >= 11 is 0. The van der Waals surface area contributed by atoms with Crippen LogP contribution in [-0.4, -0.2) is 25.3 Å². The van der Waals surface area contributed by atoms with Gasteiger partial charge in [0.15, 0.2) is 0 Å². The number of hydrogen-bond acceptors (Lipinski definition) is 3. The molecule has 0 N–H and O–H groups in total. The van der Waals surface area contributed by atoms with Crippen molar-refractivity contribution >= 4 is 5.97 Å². The second kappa shape index (κ2) is 11.2. The monoisotopic (exact) mass is 332 g/mol. The Labute approximate surface area is 146 Å². The van der Waals surface area contributed by atoms with E-state index in [0.717, 1.165) is 6.42 Å². The number of esters is 1. The zero-order valence-electron chi connectivity index (χ0n) is 15.1. The number of carbonyl (C=O) groups excluding carboxylic acids is 1. The third kappa shape index (κ3) is 7.96. The van der Waals surface area contributed by atoms with E-state index in [9.17, 15) is 4.79 Å². The minimum Gasteiger partial charge on any atom is -0.459 e. The summed E-state index contributed by atoms with van der Waals surface area (Å²) in [7, 11) is 0. The topological polar surface area (TPSA) is 38.8 Å². The lowest BCUT2D eigenvalue weighted by Crippen LogP contribution is -2.09. The molecule has 2 rings (SSSR count). The summed E-state index contributed by atoms with van der Waals surface area (Å²) in [6.45, 7) is 3.35. The largest absolute Gasteiger partial charge is 0.459 e. The van der Waals surface area contributed by atoms with Gasteiger partial charge in [0.05, 0.1) is 12.2 Å². The first-order valence-corrected chi connectivity index (χ1v) is 9.67. The van der Waals surface area contributed by atoms with Gasteiger partial charge in [-0.05, 0) is 30.5 Å². The number of epoxide rings is 1. The SMILES string of the molecule is CCCCCCCCCCCc1ccc(C(=O)OCC2CO2)cc1. The molecule has 3 nitrogen and oxygen atoms in total. The maximum Gasteiger partial charge on any atom is 0.338 e. The summed E-state index contributed by atoms with van der Waals surface area (Å²) in [4.78, 5) is 11.8. The first kappa shape index (κ1) is 19.0. The Morgan fingerprint density at radius 2 is 1.58 bits per heavy atom. The van der Waals surface area contributed by atoms with E-state index in [1.54, 1.807) is 0 Å². The van der Waals surface area contributed by atoms with Crippen LogP contribution in [0.2, 0.25) is 0 Å². The average Bonchev–Trinajstić information content (AvgIpc) is 3.43. The Morgan fingerprint density at radius 1 is 1.00 bits per heavy atom. The zero-order valence-corrected chi connectivity index (χ0v) is 15.1. The Hall–Kier alpha value is -1.35. The molecule has 0 aliphatic carbocycles. The van der Waals surface area contributed by atoms with Crippen molar-refractivity contribution in [2.24, 2.45) is 0 Å². The molecule has 134 valence electrons. The van der Waals surface area contributed by atoms with E-state index in [1.807, 2.05) is 12.1 Å². The number of unbranched alkanes of at least 4 members (excludes halogenated alkanes) is 8. The van der Waals surface area contributed by atoms with E-state index in [0.29, 0.717) is 18.8 Å². The average molecular weight is 332 g/mol. The fourth-order valence-electron chi connectivity index (χ4n) is 2.86. The lowest BCUT2D eigenvalue weighted by atomic mass is 10.0. The number of ether oxygens (including phenoxy) is 2.